The second-order valence-corrected chi connectivity index (χ2v) is 10.6. The lowest BCUT2D eigenvalue weighted by atomic mass is 10.0. The Morgan fingerprint density at radius 2 is 0.743 bits per heavy atom. The molecule has 0 amide bonds. The molecule has 35 heavy (non-hydrogen) atoms. The number of rotatable bonds is 8. The molecule has 0 fully saturated rings. The van der Waals surface area contributed by atoms with Gasteiger partial charge in [-0.1, -0.05) is 48.5 Å². The molecule has 0 aliphatic heterocycles. The van der Waals surface area contributed by atoms with E-state index in [0.29, 0.717) is 45.0 Å². The van der Waals surface area contributed by atoms with E-state index in [2.05, 4.69) is 0 Å². The lowest BCUT2D eigenvalue weighted by molar-refractivity contribution is 0.555. The summed E-state index contributed by atoms with van der Waals surface area (Å²) in [5.74, 6) is 0. The van der Waals surface area contributed by atoms with Gasteiger partial charge in [0.15, 0.2) is 22.2 Å². The molecule has 0 aromatic heterocycles. The molecule has 4 rings (SSSR count). The van der Waals surface area contributed by atoms with Crippen LogP contribution in [0.1, 0.15) is 32.8 Å². The lowest BCUT2D eigenvalue weighted by Crippen LogP contribution is -2.18. The summed E-state index contributed by atoms with van der Waals surface area (Å²) in [6.45, 7) is 0. The van der Waals surface area contributed by atoms with E-state index in [9.17, 15) is 8.42 Å². The predicted octanol–water partition coefficient (Wildman–Crippen LogP) is 4.24. The zero-order chi connectivity index (χ0) is 24.9. The van der Waals surface area contributed by atoms with Gasteiger partial charge >= 0.3 is 0 Å². The van der Waals surface area contributed by atoms with Crippen molar-refractivity contribution < 1.29 is 12.0 Å². The van der Waals surface area contributed by atoms with Crippen LogP contribution in [0.4, 0.5) is 22.7 Å². The van der Waals surface area contributed by atoms with Crippen molar-refractivity contribution >= 4 is 44.9 Å². The van der Waals surface area contributed by atoms with E-state index in [1.165, 1.54) is 0 Å². The molecule has 0 aliphatic carbocycles. The summed E-state index contributed by atoms with van der Waals surface area (Å²) in [6, 6.07) is 28.0. The first-order chi connectivity index (χ1) is 16.8. The first-order valence-electron chi connectivity index (χ1n) is 10.7. The van der Waals surface area contributed by atoms with Crippen molar-refractivity contribution in [3.8, 4) is 0 Å². The summed E-state index contributed by atoms with van der Waals surface area (Å²) >= 11 is -4.12. The van der Waals surface area contributed by atoms with Crippen LogP contribution in [-0.4, -0.2) is 8.42 Å². The van der Waals surface area contributed by atoms with E-state index in [4.69, 9.17) is 26.6 Å². The van der Waals surface area contributed by atoms with Gasteiger partial charge in [0, 0.05) is 22.7 Å². The third-order valence-electron chi connectivity index (χ3n) is 5.37. The predicted molar refractivity (Wildman–Crippen MR) is 144 cm³/mol. The van der Waals surface area contributed by atoms with Crippen LogP contribution in [0.25, 0.3) is 0 Å². The highest BCUT2D eigenvalue weighted by Gasteiger charge is 2.30. The van der Waals surface area contributed by atoms with Crippen molar-refractivity contribution in [1.29, 1.82) is 0 Å². The molecule has 0 atom stereocenters. The maximum absolute atomic E-state index is 13.6. The smallest absolute Gasteiger partial charge is 0.181 e. The van der Waals surface area contributed by atoms with Crippen molar-refractivity contribution in [2.45, 2.75) is 10.5 Å². The quantitative estimate of drug-likeness (QED) is 0.261. The molecule has 7 nitrogen and oxygen atoms in total. The molecule has 0 aliphatic rings. The van der Waals surface area contributed by atoms with Gasteiger partial charge in [0.05, 0.1) is 0 Å². The number of nitrogen functional groups attached to an aromatic ring is 4. The highest BCUT2D eigenvalue weighted by molar-refractivity contribution is 7.94. The van der Waals surface area contributed by atoms with Crippen LogP contribution in [0.15, 0.2) is 97.1 Å². The number of anilines is 4. The molecule has 4 aromatic rings. The van der Waals surface area contributed by atoms with Crippen LogP contribution in [0.3, 0.4) is 0 Å². The fraction of sp³-hybridized carbons (Fsp3) is 0.0769. The summed E-state index contributed by atoms with van der Waals surface area (Å²) < 4.78 is 33.0. The van der Waals surface area contributed by atoms with Crippen LogP contribution < -0.4 is 22.9 Å². The fourth-order valence-electron chi connectivity index (χ4n) is 3.86. The van der Waals surface area contributed by atoms with Crippen LogP contribution in [0.2, 0.25) is 0 Å². The Balaban J connectivity index is 1.73. The fourth-order valence-corrected chi connectivity index (χ4v) is 6.50. The Bertz CT molecular complexity index is 1200. The Hall–Kier alpha value is -3.66. The van der Waals surface area contributed by atoms with Crippen molar-refractivity contribution in [3.63, 3.8) is 0 Å². The first kappa shape index (κ1) is 24.5. The molecule has 0 heterocycles. The normalized spacial score (nSPS) is 13.1. The third kappa shape index (κ3) is 5.89. The average Bonchev–Trinajstić information content (AvgIpc) is 2.80. The summed E-state index contributed by atoms with van der Waals surface area (Å²) in [5, 5.41) is -1.54. The van der Waals surface area contributed by atoms with Gasteiger partial charge in [-0.3, -0.25) is 0 Å². The van der Waals surface area contributed by atoms with E-state index < -0.39 is 32.7 Å². The van der Waals surface area contributed by atoms with E-state index in [-0.39, 0.29) is 0 Å². The molecule has 0 unspecified atom stereocenters. The van der Waals surface area contributed by atoms with E-state index in [1.807, 2.05) is 0 Å². The second kappa shape index (κ2) is 10.7. The molecule has 0 radical (unpaired) electrons. The topological polar surface area (TPSA) is 147 Å². The minimum Gasteiger partial charge on any atom is -0.399 e. The van der Waals surface area contributed by atoms with Gasteiger partial charge < -0.3 is 22.9 Å². The Morgan fingerprint density at radius 1 is 0.486 bits per heavy atom. The molecular weight excluding hydrogens is 480 g/mol. The maximum atomic E-state index is 13.6. The molecule has 8 N–H and O–H groups in total. The van der Waals surface area contributed by atoms with Crippen LogP contribution >= 0.6 is 0 Å². The van der Waals surface area contributed by atoms with Crippen LogP contribution in [-0.2, 0) is 25.8 Å². The standard InChI is InChI=1S/C26H26N4O3S2/c27-21-9-1-5-17(13-21)25(18-6-2-10-22(28)14-18)34(31)33-35(32)26(19-7-3-11-23(29)15-19)20-8-4-12-24(30)16-20/h1-16,25-26H,27-30H2. The zero-order valence-corrected chi connectivity index (χ0v) is 20.4. The SMILES string of the molecule is Nc1cccc(C(c2cccc(N)c2)S(=O)OS(=O)C(c2cccc(N)c2)c2cccc(N)c2)c1. The Kier molecular flexibility index (Phi) is 7.50. The zero-order valence-electron chi connectivity index (χ0n) is 18.7. The first-order valence-corrected chi connectivity index (χ1v) is 13.0. The molecule has 0 bridgehead atoms. The third-order valence-corrected chi connectivity index (χ3v) is 8.30. The maximum Gasteiger partial charge on any atom is 0.181 e. The van der Waals surface area contributed by atoms with Crippen molar-refractivity contribution in [2.75, 3.05) is 22.9 Å². The Labute approximate surface area is 209 Å². The number of hydrogen-bond acceptors (Lipinski definition) is 7. The van der Waals surface area contributed by atoms with E-state index in [0.717, 1.165) is 0 Å². The van der Waals surface area contributed by atoms with Crippen LogP contribution in [0.5, 0.6) is 0 Å². The minimum atomic E-state index is -2.06. The molecule has 0 saturated carbocycles. The summed E-state index contributed by atoms with van der Waals surface area (Å²) in [7, 11) is 0. The van der Waals surface area contributed by atoms with Gasteiger partial charge in [-0.15, -0.1) is 0 Å². The van der Waals surface area contributed by atoms with Crippen molar-refractivity contribution in [1.82, 2.24) is 0 Å². The van der Waals surface area contributed by atoms with E-state index in [1.54, 1.807) is 97.1 Å². The summed E-state index contributed by atoms with van der Waals surface area (Å²) in [5.41, 5.74) is 28.6. The Morgan fingerprint density at radius 3 is 0.971 bits per heavy atom. The number of benzene rings is 4. The number of nitrogens with two attached hydrogens (primary N) is 4. The number of hydrogen-bond donors (Lipinski definition) is 4. The summed E-state index contributed by atoms with van der Waals surface area (Å²) in [4.78, 5) is 0. The van der Waals surface area contributed by atoms with E-state index >= 15 is 0 Å². The minimum absolute atomic E-state index is 0.506. The highest BCUT2D eigenvalue weighted by Crippen LogP contribution is 2.35. The van der Waals surface area contributed by atoms with Gasteiger partial charge in [0.25, 0.3) is 0 Å². The molecule has 9 heteroatoms. The van der Waals surface area contributed by atoms with Crippen molar-refractivity contribution in [3.05, 3.63) is 119 Å². The van der Waals surface area contributed by atoms with Gasteiger partial charge in [0.2, 0.25) is 0 Å². The van der Waals surface area contributed by atoms with Gasteiger partial charge in [-0.2, -0.15) is 3.63 Å². The monoisotopic (exact) mass is 506 g/mol. The van der Waals surface area contributed by atoms with Crippen LogP contribution in [0, 0.1) is 0 Å². The molecule has 0 saturated heterocycles. The molecule has 4 aromatic carbocycles. The average molecular weight is 507 g/mol. The van der Waals surface area contributed by atoms with Gasteiger partial charge in [0.1, 0.15) is 10.5 Å². The highest BCUT2D eigenvalue weighted by atomic mass is 32.3. The van der Waals surface area contributed by atoms with Gasteiger partial charge in [-0.05, 0) is 70.8 Å². The molecule has 180 valence electrons. The van der Waals surface area contributed by atoms with Gasteiger partial charge in [-0.25, -0.2) is 8.42 Å². The second-order valence-electron chi connectivity index (χ2n) is 8.03. The molecule has 0 spiro atoms. The molecular formula is C26H26N4O3S2. The summed E-state index contributed by atoms with van der Waals surface area (Å²) in [6.07, 6.45) is 0. The van der Waals surface area contributed by atoms with Crippen molar-refractivity contribution in [2.24, 2.45) is 0 Å². The lowest BCUT2D eigenvalue weighted by Gasteiger charge is -2.21. The largest absolute Gasteiger partial charge is 0.399 e.